The van der Waals surface area contributed by atoms with Crippen molar-refractivity contribution in [2.24, 2.45) is 5.73 Å². The molecule has 0 aromatic heterocycles. The van der Waals surface area contributed by atoms with E-state index < -0.39 is 18.0 Å². The second-order valence-electron chi connectivity index (χ2n) is 3.74. The molecule has 0 bridgehead atoms. The van der Waals surface area contributed by atoms with Crippen molar-refractivity contribution in [1.82, 2.24) is 5.32 Å². The predicted molar refractivity (Wildman–Crippen MR) is 54.2 cm³/mol. The second-order valence-corrected chi connectivity index (χ2v) is 3.74. The lowest BCUT2D eigenvalue weighted by Crippen LogP contribution is -2.42. The Kier molecular flexibility index (Phi) is 5.88. The maximum Gasteiger partial charge on any atom is 0.306 e. The van der Waals surface area contributed by atoms with Crippen molar-refractivity contribution in [3.05, 3.63) is 0 Å². The molecule has 0 aromatic carbocycles. The number of amides is 1. The quantitative estimate of drug-likeness (QED) is 0.441. The minimum atomic E-state index is -1.41. The van der Waals surface area contributed by atoms with E-state index in [0.717, 1.165) is 0 Å². The van der Waals surface area contributed by atoms with Crippen LogP contribution in [-0.4, -0.2) is 40.8 Å². The third kappa shape index (κ3) is 7.90. The molecule has 0 aromatic rings. The lowest BCUT2D eigenvalue weighted by molar-refractivity contribution is -0.142. The molecule has 1 atom stereocenters. The number of nitrogens with two attached hydrogens (primary N) is 1. The zero-order valence-electron chi connectivity index (χ0n) is 8.82. The highest BCUT2D eigenvalue weighted by molar-refractivity contribution is 5.76. The lowest BCUT2D eigenvalue weighted by Gasteiger charge is -2.21. The molecule has 0 aliphatic rings. The van der Waals surface area contributed by atoms with E-state index in [1.54, 1.807) is 0 Å². The summed E-state index contributed by atoms with van der Waals surface area (Å²) in [5.41, 5.74) is 3.81. The number of hydrogen-bond acceptors (Lipinski definition) is 4. The van der Waals surface area contributed by atoms with Gasteiger partial charge in [-0.05, 0) is 19.9 Å². The summed E-state index contributed by atoms with van der Waals surface area (Å²) in [5.74, 6) is -1.33. The molecule has 5 N–H and O–H groups in total. The second kappa shape index (κ2) is 6.36. The summed E-state index contributed by atoms with van der Waals surface area (Å²) in [6.45, 7) is 1.73. The highest BCUT2D eigenvalue weighted by Gasteiger charge is 2.24. The van der Waals surface area contributed by atoms with Crippen molar-refractivity contribution in [2.75, 3.05) is 13.1 Å². The van der Waals surface area contributed by atoms with E-state index in [1.807, 2.05) is 0 Å². The molecule has 6 heteroatoms. The molecule has 15 heavy (non-hydrogen) atoms. The van der Waals surface area contributed by atoms with Gasteiger partial charge in [0, 0.05) is 13.0 Å². The van der Waals surface area contributed by atoms with E-state index in [0.29, 0.717) is 19.4 Å². The molecule has 88 valence electrons. The van der Waals surface area contributed by atoms with Gasteiger partial charge in [-0.25, -0.2) is 0 Å². The van der Waals surface area contributed by atoms with Crippen LogP contribution < -0.4 is 11.1 Å². The minimum Gasteiger partial charge on any atom is -0.481 e. The molecule has 1 unspecified atom stereocenters. The summed E-state index contributed by atoms with van der Waals surface area (Å²) in [7, 11) is 0. The average Bonchev–Trinajstić information content (AvgIpc) is 2.09. The van der Waals surface area contributed by atoms with Crippen molar-refractivity contribution < 1.29 is 19.8 Å². The summed E-state index contributed by atoms with van der Waals surface area (Å²) in [6, 6.07) is 0. The standard InChI is InChI=1S/C9H18N2O4/c1-9(15,5-8(13)14)6-11-7(12)3-2-4-10/h15H,2-6,10H2,1H3,(H,11,12)(H,13,14). The van der Waals surface area contributed by atoms with Crippen LogP contribution in [0.1, 0.15) is 26.2 Å². The third-order valence-corrected chi connectivity index (χ3v) is 1.81. The zero-order chi connectivity index (χ0) is 11.9. The Hall–Kier alpha value is -1.14. The van der Waals surface area contributed by atoms with Crippen molar-refractivity contribution in [2.45, 2.75) is 31.8 Å². The van der Waals surface area contributed by atoms with E-state index in [4.69, 9.17) is 10.8 Å². The summed E-state index contributed by atoms with van der Waals surface area (Å²) in [6.07, 6.45) is 0.469. The van der Waals surface area contributed by atoms with Crippen molar-refractivity contribution in [1.29, 1.82) is 0 Å². The normalized spacial score (nSPS) is 14.3. The van der Waals surface area contributed by atoms with E-state index >= 15 is 0 Å². The van der Waals surface area contributed by atoms with Gasteiger partial charge in [-0.15, -0.1) is 0 Å². The summed E-state index contributed by atoms with van der Waals surface area (Å²) >= 11 is 0. The van der Waals surface area contributed by atoms with Gasteiger partial charge in [-0.2, -0.15) is 0 Å². The van der Waals surface area contributed by atoms with Crippen molar-refractivity contribution >= 4 is 11.9 Å². The largest absolute Gasteiger partial charge is 0.481 e. The Morgan fingerprint density at radius 2 is 2.07 bits per heavy atom. The first kappa shape index (κ1) is 13.9. The number of aliphatic hydroxyl groups is 1. The fourth-order valence-corrected chi connectivity index (χ4v) is 1.03. The first-order valence-corrected chi connectivity index (χ1v) is 4.78. The maximum atomic E-state index is 11.1. The number of aliphatic carboxylic acids is 1. The first-order chi connectivity index (χ1) is 6.87. The molecular weight excluding hydrogens is 200 g/mol. The summed E-state index contributed by atoms with van der Waals surface area (Å²) in [5, 5.41) is 20.5. The van der Waals surface area contributed by atoms with Gasteiger partial charge in [0.05, 0.1) is 12.0 Å². The molecule has 0 saturated carbocycles. The highest BCUT2D eigenvalue weighted by Crippen LogP contribution is 2.07. The Morgan fingerprint density at radius 1 is 1.47 bits per heavy atom. The predicted octanol–water partition coefficient (Wildman–Crippen LogP) is -0.933. The van der Waals surface area contributed by atoms with Gasteiger partial charge in [0.15, 0.2) is 0 Å². The molecular formula is C9H18N2O4. The topological polar surface area (TPSA) is 113 Å². The lowest BCUT2D eigenvalue weighted by atomic mass is 10.0. The van der Waals surface area contributed by atoms with Crippen LogP contribution in [0, 0.1) is 0 Å². The van der Waals surface area contributed by atoms with Gasteiger partial charge >= 0.3 is 5.97 Å². The van der Waals surface area contributed by atoms with E-state index in [1.165, 1.54) is 6.92 Å². The fourth-order valence-electron chi connectivity index (χ4n) is 1.03. The molecule has 0 heterocycles. The monoisotopic (exact) mass is 218 g/mol. The smallest absolute Gasteiger partial charge is 0.306 e. The van der Waals surface area contributed by atoms with E-state index in [-0.39, 0.29) is 12.5 Å². The SMILES string of the molecule is CC(O)(CNC(=O)CCCN)CC(=O)O. The number of nitrogens with one attached hydrogen (secondary N) is 1. The van der Waals surface area contributed by atoms with Gasteiger partial charge < -0.3 is 21.3 Å². The fraction of sp³-hybridized carbons (Fsp3) is 0.778. The number of carboxylic acid groups (broad SMARTS) is 1. The van der Waals surface area contributed by atoms with Crippen LogP contribution in [0.3, 0.4) is 0 Å². The summed E-state index contributed by atoms with van der Waals surface area (Å²) < 4.78 is 0. The van der Waals surface area contributed by atoms with Crippen LogP contribution in [0.25, 0.3) is 0 Å². The van der Waals surface area contributed by atoms with Gasteiger partial charge in [0.25, 0.3) is 0 Å². The maximum absolute atomic E-state index is 11.1. The van der Waals surface area contributed by atoms with Crippen LogP contribution in [0.2, 0.25) is 0 Å². The Labute approximate surface area is 88.5 Å². The number of rotatable bonds is 7. The van der Waals surface area contributed by atoms with Gasteiger partial charge in [0.1, 0.15) is 0 Å². The Bertz CT molecular complexity index is 228. The highest BCUT2D eigenvalue weighted by atomic mass is 16.4. The van der Waals surface area contributed by atoms with Gasteiger partial charge in [-0.3, -0.25) is 9.59 Å². The van der Waals surface area contributed by atoms with Crippen LogP contribution in [-0.2, 0) is 9.59 Å². The molecule has 0 fully saturated rings. The first-order valence-electron chi connectivity index (χ1n) is 4.78. The molecule has 0 rings (SSSR count). The zero-order valence-corrected chi connectivity index (χ0v) is 8.82. The number of carboxylic acids is 1. The number of carbonyl (C=O) groups is 2. The molecule has 1 amide bonds. The Balaban J connectivity index is 3.82. The Morgan fingerprint density at radius 3 is 2.53 bits per heavy atom. The molecule has 0 aliphatic carbocycles. The third-order valence-electron chi connectivity index (χ3n) is 1.81. The van der Waals surface area contributed by atoms with Crippen LogP contribution in [0.15, 0.2) is 0 Å². The van der Waals surface area contributed by atoms with E-state index in [9.17, 15) is 14.7 Å². The van der Waals surface area contributed by atoms with Crippen LogP contribution >= 0.6 is 0 Å². The number of hydrogen-bond donors (Lipinski definition) is 4. The molecule has 0 aliphatic heterocycles. The van der Waals surface area contributed by atoms with Crippen LogP contribution in [0.5, 0.6) is 0 Å². The van der Waals surface area contributed by atoms with Gasteiger partial charge in [-0.1, -0.05) is 0 Å². The summed E-state index contributed by atoms with van der Waals surface area (Å²) in [4.78, 5) is 21.5. The van der Waals surface area contributed by atoms with Crippen molar-refractivity contribution in [3.63, 3.8) is 0 Å². The molecule has 0 radical (unpaired) electrons. The minimum absolute atomic E-state index is 0.0668. The molecule has 0 spiro atoms. The number of carbonyl (C=O) groups excluding carboxylic acids is 1. The van der Waals surface area contributed by atoms with E-state index in [2.05, 4.69) is 5.32 Å². The van der Waals surface area contributed by atoms with Crippen molar-refractivity contribution in [3.8, 4) is 0 Å². The average molecular weight is 218 g/mol. The molecule has 0 saturated heterocycles. The van der Waals surface area contributed by atoms with Gasteiger partial charge in [0.2, 0.25) is 5.91 Å². The molecule has 6 nitrogen and oxygen atoms in total. The van der Waals surface area contributed by atoms with Crippen LogP contribution in [0.4, 0.5) is 0 Å².